The van der Waals surface area contributed by atoms with Gasteiger partial charge in [0.15, 0.2) is 0 Å². The van der Waals surface area contributed by atoms with Crippen molar-refractivity contribution in [1.29, 1.82) is 0 Å². The highest BCUT2D eigenvalue weighted by molar-refractivity contribution is 8.00. The van der Waals surface area contributed by atoms with Crippen LogP contribution in [0.2, 0.25) is 5.02 Å². The fourth-order valence-corrected chi connectivity index (χ4v) is 3.51. The first-order valence-electron chi connectivity index (χ1n) is 8.59. The van der Waals surface area contributed by atoms with Gasteiger partial charge < -0.3 is 10.2 Å². The van der Waals surface area contributed by atoms with Gasteiger partial charge in [0, 0.05) is 18.9 Å². The van der Waals surface area contributed by atoms with Gasteiger partial charge in [-0.05, 0) is 24.1 Å². The molecule has 0 aliphatic heterocycles. The molecule has 0 aliphatic carbocycles. The lowest BCUT2D eigenvalue weighted by Crippen LogP contribution is -2.36. The Morgan fingerprint density at radius 2 is 1.97 bits per heavy atom. The molecule has 0 aliphatic rings. The van der Waals surface area contributed by atoms with Crippen molar-refractivity contribution in [3.63, 3.8) is 0 Å². The SMILES string of the molecule is CCc1ccccc1NC(=O)CN(C)C(=O)CSc1ncc(C(F)(F)F)cc1Cl. The average Bonchev–Trinajstić information content (AvgIpc) is 2.66. The van der Waals surface area contributed by atoms with Crippen LogP contribution in [-0.4, -0.2) is 41.0 Å². The van der Waals surface area contributed by atoms with Crippen LogP contribution in [-0.2, 0) is 22.2 Å². The Hall–Kier alpha value is -2.26. The molecule has 0 unspecified atom stereocenters. The Labute approximate surface area is 175 Å². The Morgan fingerprint density at radius 3 is 2.59 bits per heavy atom. The zero-order valence-electron chi connectivity index (χ0n) is 15.7. The molecular formula is C19H19ClF3N3O2S. The van der Waals surface area contributed by atoms with Crippen LogP contribution in [0.25, 0.3) is 0 Å². The zero-order chi connectivity index (χ0) is 21.6. The minimum atomic E-state index is -4.54. The normalized spacial score (nSPS) is 11.2. The number of para-hydroxylation sites is 1. The van der Waals surface area contributed by atoms with E-state index in [1.807, 2.05) is 19.1 Å². The van der Waals surface area contributed by atoms with Gasteiger partial charge >= 0.3 is 6.18 Å². The summed E-state index contributed by atoms with van der Waals surface area (Å²) in [4.78, 5) is 29.3. The number of hydrogen-bond donors (Lipinski definition) is 1. The number of benzene rings is 1. The first kappa shape index (κ1) is 23.0. The molecule has 0 saturated carbocycles. The summed E-state index contributed by atoms with van der Waals surface area (Å²) in [6, 6.07) is 8.14. The van der Waals surface area contributed by atoms with Gasteiger partial charge in [-0.3, -0.25) is 9.59 Å². The number of anilines is 1. The van der Waals surface area contributed by atoms with E-state index in [1.54, 1.807) is 12.1 Å². The number of aryl methyl sites for hydroxylation is 1. The van der Waals surface area contributed by atoms with E-state index in [2.05, 4.69) is 10.3 Å². The lowest BCUT2D eigenvalue weighted by atomic mass is 10.1. The summed E-state index contributed by atoms with van der Waals surface area (Å²) in [6.07, 6.45) is -3.12. The van der Waals surface area contributed by atoms with Gasteiger partial charge in [0.1, 0.15) is 5.03 Å². The third-order valence-corrected chi connectivity index (χ3v) is 5.34. The van der Waals surface area contributed by atoms with Crippen LogP contribution in [0.5, 0.6) is 0 Å². The number of carbonyl (C=O) groups excluding carboxylic acids is 2. The predicted molar refractivity (Wildman–Crippen MR) is 107 cm³/mol. The number of carbonyl (C=O) groups is 2. The molecule has 0 bridgehead atoms. The van der Waals surface area contributed by atoms with Crippen LogP contribution in [0.1, 0.15) is 18.1 Å². The molecule has 156 valence electrons. The second-order valence-corrected chi connectivity index (χ2v) is 7.48. The number of pyridine rings is 1. The molecule has 2 amide bonds. The van der Waals surface area contributed by atoms with Crippen LogP contribution in [0.4, 0.5) is 18.9 Å². The lowest BCUT2D eigenvalue weighted by Gasteiger charge is -2.17. The third kappa shape index (κ3) is 6.64. The van der Waals surface area contributed by atoms with Crippen LogP contribution >= 0.6 is 23.4 Å². The van der Waals surface area contributed by atoms with Crippen molar-refractivity contribution in [3.8, 4) is 0 Å². The van der Waals surface area contributed by atoms with Gasteiger partial charge in [0.05, 0.1) is 22.9 Å². The highest BCUT2D eigenvalue weighted by atomic mass is 35.5. The molecule has 0 saturated heterocycles. The van der Waals surface area contributed by atoms with Crippen molar-refractivity contribution in [3.05, 3.63) is 52.7 Å². The number of thioether (sulfide) groups is 1. The first-order chi connectivity index (χ1) is 13.6. The molecule has 0 fully saturated rings. The van der Waals surface area contributed by atoms with Gasteiger partial charge in [-0.15, -0.1) is 0 Å². The second kappa shape index (κ2) is 9.98. The molecule has 0 radical (unpaired) electrons. The predicted octanol–water partition coefficient (Wildman–Crippen LogP) is 4.51. The summed E-state index contributed by atoms with van der Waals surface area (Å²) in [6.45, 7) is 1.81. The number of alkyl halides is 3. The van der Waals surface area contributed by atoms with Crippen LogP contribution in [0.3, 0.4) is 0 Å². The second-order valence-electron chi connectivity index (χ2n) is 6.11. The van der Waals surface area contributed by atoms with Crippen LogP contribution in [0.15, 0.2) is 41.6 Å². The number of halogens is 4. The van der Waals surface area contributed by atoms with E-state index >= 15 is 0 Å². The van der Waals surface area contributed by atoms with Crippen LogP contribution in [0, 0.1) is 0 Å². The highest BCUT2D eigenvalue weighted by Crippen LogP contribution is 2.33. The number of likely N-dealkylation sites (N-methyl/N-ethyl adjacent to an activating group) is 1. The number of aromatic nitrogens is 1. The molecule has 5 nitrogen and oxygen atoms in total. The molecule has 2 aromatic rings. The molecule has 2 rings (SSSR count). The summed E-state index contributed by atoms with van der Waals surface area (Å²) in [5, 5.41) is 2.70. The van der Waals surface area contributed by atoms with Crippen molar-refractivity contribution >= 4 is 40.9 Å². The number of nitrogens with one attached hydrogen (secondary N) is 1. The van der Waals surface area contributed by atoms with Gasteiger partial charge in [-0.2, -0.15) is 13.2 Å². The summed E-state index contributed by atoms with van der Waals surface area (Å²) >= 11 is 6.74. The molecular weight excluding hydrogens is 427 g/mol. The number of rotatable bonds is 7. The van der Waals surface area contributed by atoms with Crippen molar-refractivity contribution in [2.24, 2.45) is 0 Å². The van der Waals surface area contributed by atoms with Gasteiger partial charge in [0.2, 0.25) is 11.8 Å². The number of hydrogen-bond acceptors (Lipinski definition) is 4. The third-order valence-electron chi connectivity index (χ3n) is 3.95. The number of amides is 2. The van der Waals surface area contributed by atoms with E-state index in [1.165, 1.54) is 11.9 Å². The van der Waals surface area contributed by atoms with E-state index in [4.69, 9.17) is 11.6 Å². The largest absolute Gasteiger partial charge is 0.417 e. The van der Waals surface area contributed by atoms with Crippen molar-refractivity contribution in [1.82, 2.24) is 9.88 Å². The molecule has 1 aromatic carbocycles. The Balaban J connectivity index is 1.90. The molecule has 0 atom stereocenters. The maximum absolute atomic E-state index is 12.6. The standard InChI is InChI=1S/C19H19ClF3N3O2S/c1-3-12-6-4-5-7-15(12)25-16(27)10-26(2)17(28)11-29-18-14(20)8-13(9-24-18)19(21,22)23/h4-9H,3,10-11H2,1-2H3,(H,25,27). The Morgan fingerprint density at radius 1 is 1.28 bits per heavy atom. The first-order valence-corrected chi connectivity index (χ1v) is 9.95. The molecule has 29 heavy (non-hydrogen) atoms. The fourth-order valence-electron chi connectivity index (χ4n) is 2.37. The molecule has 0 spiro atoms. The van der Waals surface area contributed by atoms with E-state index < -0.39 is 11.7 Å². The molecule has 1 aromatic heterocycles. The van der Waals surface area contributed by atoms with E-state index in [-0.39, 0.29) is 34.2 Å². The Bertz CT molecular complexity index is 893. The van der Waals surface area contributed by atoms with Gasteiger partial charge in [-0.25, -0.2) is 4.98 Å². The minimum Gasteiger partial charge on any atom is -0.336 e. The van der Waals surface area contributed by atoms with Crippen molar-refractivity contribution in [2.75, 3.05) is 24.7 Å². The smallest absolute Gasteiger partial charge is 0.336 e. The van der Waals surface area contributed by atoms with Crippen molar-refractivity contribution in [2.45, 2.75) is 24.5 Å². The lowest BCUT2D eigenvalue weighted by molar-refractivity contribution is -0.137. The summed E-state index contributed by atoms with van der Waals surface area (Å²) in [5.41, 5.74) is 0.712. The Kier molecular flexibility index (Phi) is 7.92. The van der Waals surface area contributed by atoms with E-state index in [0.717, 1.165) is 29.8 Å². The molecule has 1 N–H and O–H groups in total. The number of nitrogens with zero attached hydrogens (tertiary/aromatic N) is 2. The highest BCUT2D eigenvalue weighted by Gasteiger charge is 2.31. The van der Waals surface area contributed by atoms with Crippen LogP contribution < -0.4 is 5.32 Å². The van der Waals surface area contributed by atoms with E-state index in [0.29, 0.717) is 11.9 Å². The molecule has 10 heteroatoms. The zero-order valence-corrected chi connectivity index (χ0v) is 17.3. The summed E-state index contributed by atoms with van der Waals surface area (Å²) in [5.74, 6) is -0.850. The average molecular weight is 446 g/mol. The molecule has 1 heterocycles. The quantitative estimate of drug-likeness (QED) is 0.637. The topological polar surface area (TPSA) is 62.3 Å². The maximum Gasteiger partial charge on any atom is 0.417 e. The summed E-state index contributed by atoms with van der Waals surface area (Å²) < 4.78 is 37.9. The van der Waals surface area contributed by atoms with Gasteiger partial charge in [0.25, 0.3) is 0 Å². The summed E-state index contributed by atoms with van der Waals surface area (Å²) in [7, 11) is 1.47. The van der Waals surface area contributed by atoms with Gasteiger partial charge in [-0.1, -0.05) is 48.5 Å². The monoisotopic (exact) mass is 445 g/mol. The van der Waals surface area contributed by atoms with Crippen molar-refractivity contribution < 1.29 is 22.8 Å². The van der Waals surface area contributed by atoms with E-state index in [9.17, 15) is 22.8 Å². The minimum absolute atomic E-state index is 0.114. The maximum atomic E-state index is 12.6. The fraction of sp³-hybridized carbons (Fsp3) is 0.316.